The van der Waals surface area contributed by atoms with Crippen molar-refractivity contribution in [3.05, 3.63) is 60.1 Å². The van der Waals surface area contributed by atoms with Gasteiger partial charge in [-0.1, -0.05) is 23.4 Å². The molecule has 0 saturated heterocycles. The number of aromatic nitrogens is 3. The lowest BCUT2D eigenvalue weighted by atomic mass is 10.4. The van der Waals surface area contributed by atoms with E-state index in [4.69, 9.17) is 17.3 Å². The second kappa shape index (κ2) is 6.64. The predicted octanol–water partition coefficient (Wildman–Crippen LogP) is 4.00. The minimum Gasteiger partial charge on any atom is -0.394 e. The van der Waals surface area contributed by atoms with Crippen LogP contribution in [0, 0.1) is 0 Å². The summed E-state index contributed by atoms with van der Waals surface area (Å²) in [6.07, 6.45) is 4.89. The fourth-order valence-corrected chi connectivity index (χ4v) is 2.68. The number of rotatable bonds is 4. The highest BCUT2D eigenvalue weighted by molar-refractivity contribution is 7.99. The number of nitrogen functional groups attached to an aromatic ring is 1. The number of nitrogens with one attached hydrogen (secondary N) is 1. The number of hydrogen-bond donors (Lipinski definition) is 2. The third kappa shape index (κ3) is 3.47. The monoisotopic (exact) mass is 329 g/mol. The zero-order valence-corrected chi connectivity index (χ0v) is 13.0. The zero-order chi connectivity index (χ0) is 15.4. The van der Waals surface area contributed by atoms with Crippen LogP contribution in [0.2, 0.25) is 5.02 Å². The molecular formula is C15H12ClN5S. The molecule has 0 atom stereocenters. The molecule has 110 valence electrons. The number of nitrogens with two attached hydrogens (primary N) is 1. The van der Waals surface area contributed by atoms with Crippen molar-refractivity contribution in [2.24, 2.45) is 0 Å². The molecule has 0 fully saturated rings. The highest BCUT2D eigenvalue weighted by atomic mass is 35.5. The lowest BCUT2D eigenvalue weighted by molar-refractivity contribution is 1.06. The first-order valence-corrected chi connectivity index (χ1v) is 7.63. The van der Waals surface area contributed by atoms with Crippen molar-refractivity contribution >= 4 is 40.6 Å². The SMILES string of the molecule is Nc1c(Nc2cccnc2)ncnc1Sc1ccc(Cl)cc1. The van der Waals surface area contributed by atoms with Crippen molar-refractivity contribution in [3.63, 3.8) is 0 Å². The van der Waals surface area contributed by atoms with E-state index in [0.29, 0.717) is 21.6 Å². The van der Waals surface area contributed by atoms with E-state index in [0.717, 1.165) is 10.6 Å². The maximum atomic E-state index is 6.15. The van der Waals surface area contributed by atoms with Gasteiger partial charge < -0.3 is 11.1 Å². The Balaban J connectivity index is 1.84. The molecule has 0 saturated carbocycles. The first-order chi connectivity index (χ1) is 10.7. The van der Waals surface area contributed by atoms with Crippen molar-refractivity contribution in [2.45, 2.75) is 9.92 Å². The Labute approximate surface area is 137 Å². The van der Waals surface area contributed by atoms with Gasteiger partial charge in [0.1, 0.15) is 17.0 Å². The van der Waals surface area contributed by atoms with E-state index < -0.39 is 0 Å². The zero-order valence-electron chi connectivity index (χ0n) is 11.4. The van der Waals surface area contributed by atoms with Crippen LogP contribution in [0.1, 0.15) is 0 Å². The normalized spacial score (nSPS) is 10.4. The van der Waals surface area contributed by atoms with Crippen molar-refractivity contribution in [1.82, 2.24) is 15.0 Å². The number of halogens is 1. The molecule has 3 rings (SSSR count). The molecule has 0 aliphatic carbocycles. The molecule has 7 heteroatoms. The predicted molar refractivity (Wildman–Crippen MR) is 89.5 cm³/mol. The summed E-state index contributed by atoms with van der Waals surface area (Å²) in [7, 11) is 0. The van der Waals surface area contributed by atoms with Crippen LogP contribution >= 0.6 is 23.4 Å². The van der Waals surface area contributed by atoms with E-state index >= 15 is 0 Å². The van der Waals surface area contributed by atoms with Crippen LogP contribution in [0.3, 0.4) is 0 Å². The van der Waals surface area contributed by atoms with Crippen molar-refractivity contribution in [1.29, 1.82) is 0 Å². The first-order valence-electron chi connectivity index (χ1n) is 6.43. The summed E-state index contributed by atoms with van der Waals surface area (Å²) in [4.78, 5) is 13.5. The van der Waals surface area contributed by atoms with Crippen LogP contribution in [0.25, 0.3) is 0 Å². The van der Waals surface area contributed by atoms with Crippen LogP contribution in [0.15, 0.2) is 65.0 Å². The van der Waals surface area contributed by atoms with Gasteiger partial charge in [0, 0.05) is 16.1 Å². The molecule has 1 aromatic carbocycles. The van der Waals surface area contributed by atoms with Crippen LogP contribution < -0.4 is 11.1 Å². The Morgan fingerprint density at radius 3 is 2.64 bits per heavy atom. The molecule has 0 unspecified atom stereocenters. The molecule has 3 aromatic rings. The second-order valence-electron chi connectivity index (χ2n) is 4.36. The Kier molecular flexibility index (Phi) is 4.41. The van der Waals surface area contributed by atoms with E-state index in [9.17, 15) is 0 Å². The topological polar surface area (TPSA) is 76.7 Å². The minimum atomic E-state index is 0.492. The standard InChI is InChI=1S/C15H12ClN5S/c16-10-3-5-12(6-4-10)22-15-13(17)14(19-9-20-15)21-11-2-1-7-18-8-11/h1-9H,17H2,(H,19,20,21). The minimum absolute atomic E-state index is 0.492. The number of pyridine rings is 1. The summed E-state index contributed by atoms with van der Waals surface area (Å²) in [5, 5.41) is 4.51. The molecule has 5 nitrogen and oxygen atoms in total. The average molecular weight is 330 g/mol. The van der Waals surface area contributed by atoms with Gasteiger partial charge in [-0.25, -0.2) is 9.97 Å². The van der Waals surface area contributed by atoms with Gasteiger partial charge >= 0.3 is 0 Å². The van der Waals surface area contributed by atoms with Crippen LogP contribution in [-0.4, -0.2) is 15.0 Å². The largest absolute Gasteiger partial charge is 0.394 e. The molecule has 22 heavy (non-hydrogen) atoms. The number of hydrogen-bond acceptors (Lipinski definition) is 6. The Hall–Kier alpha value is -2.31. The lowest BCUT2D eigenvalue weighted by Crippen LogP contribution is -2.02. The Morgan fingerprint density at radius 2 is 1.91 bits per heavy atom. The smallest absolute Gasteiger partial charge is 0.158 e. The van der Waals surface area contributed by atoms with Gasteiger partial charge in [-0.3, -0.25) is 4.98 Å². The van der Waals surface area contributed by atoms with E-state index in [1.54, 1.807) is 12.4 Å². The van der Waals surface area contributed by atoms with E-state index in [-0.39, 0.29) is 0 Å². The van der Waals surface area contributed by atoms with Gasteiger partial charge in [0.05, 0.1) is 11.9 Å². The summed E-state index contributed by atoms with van der Waals surface area (Å²) >= 11 is 7.34. The van der Waals surface area contributed by atoms with Crippen LogP contribution in [0.5, 0.6) is 0 Å². The third-order valence-electron chi connectivity index (χ3n) is 2.80. The van der Waals surface area contributed by atoms with Gasteiger partial charge in [-0.05, 0) is 36.4 Å². The quantitative estimate of drug-likeness (QED) is 0.704. The summed E-state index contributed by atoms with van der Waals surface area (Å²) in [5.74, 6) is 0.555. The molecule has 2 aromatic heterocycles. The first kappa shape index (κ1) is 14.6. The molecule has 0 aliphatic rings. The highest BCUT2D eigenvalue weighted by Gasteiger charge is 2.10. The summed E-state index contributed by atoms with van der Waals surface area (Å²) in [5.41, 5.74) is 7.46. The maximum absolute atomic E-state index is 6.15. The van der Waals surface area contributed by atoms with Gasteiger partial charge in [0.25, 0.3) is 0 Å². The molecule has 0 bridgehead atoms. The average Bonchev–Trinajstić information content (AvgIpc) is 2.54. The number of anilines is 3. The fraction of sp³-hybridized carbons (Fsp3) is 0. The summed E-state index contributed by atoms with van der Waals surface area (Å²) in [6, 6.07) is 11.2. The molecule has 3 N–H and O–H groups in total. The van der Waals surface area contributed by atoms with Gasteiger partial charge in [-0.2, -0.15) is 0 Å². The molecular weight excluding hydrogens is 318 g/mol. The molecule has 0 radical (unpaired) electrons. The van der Waals surface area contributed by atoms with E-state index in [2.05, 4.69) is 20.3 Å². The van der Waals surface area contributed by atoms with Crippen molar-refractivity contribution < 1.29 is 0 Å². The van der Waals surface area contributed by atoms with Gasteiger partial charge in [0.15, 0.2) is 5.82 Å². The second-order valence-corrected chi connectivity index (χ2v) is 5.86. The number of benzene rings is 1. The Bertz CT molecular complexity index is 765. The van der Waals surface area contributed by atoms with Gasteiger partial charge in [0.2, 0.25) is 0 Å². The van der Waals surface area contributed by atoms with E-state index in [1.807, 2.05) is 36.4 Å². The van der Waals surface area contributed by atoms with Crippen molar-refractivity contribution in [2.75, 3.05) is 11.1 Å². The van der Waals surface area contributed by atoms with Crippen LogP contribution in [-0.2, 0) is 0 Å². The third-order valence-corrected chi connectivity index (χ3v) is 4.08. The molecule has 0 amide bonds. The molecule has 0 aliphatic heterocycles. The molecule has 0 spiro atoms. The molecule has 2 heterocycles. The lowest BCUT2D eigenvalue weighted by Gasteiger charge is -2.10. The fourth-order valence-electron chi connectivity index (χ4n) is 1.75. The Morgan fingerprint density at radius 1 is 1.09 bits per heavy atom. The van der Waals surface area contributed by atoms with Gasteiger partial charge in [-0.15, -0.1) is 0 Å². The summed E-state index contributed by atoms with van der Waals surface area (Å²) < 4.78 is 0. The number of nitrogens with zero attached hydrogens (tertiary/aromatic N) is 3. The van der Waals surface area contributed by atoms with E-state index in [1.165, 1.54) is 18.1 Å². The summed E-state index contributed by atoms with van der Waals surface area (Å²) in [6.45, 7) is 0. The van der Waals surface area contributed by atoms with Crippen LogP contribution in [0.4, 0.5) is 17.2 Å². The highest BCUT2D eigenvalue weighted by Crippen LogP contribution is 2.34. The maximum Gasteiger partial charge on any atom is 0.158 e. The van der Waals surface area contributed by atoms with Crippen molar-refractivity contribution in [3.8, 4) is 0 Å².